The summed E-state index contributed by atoms with van der Waals surface area (Å²) in [4.78, 5) is 4.06. The lowest BCUT2D eigenvalue weighted by molar-refractivity contribution is 0.310. The molecular weight excluding hydrogens is 198 g/mol. The summed E-state index contributed by atoms with van der Waals surface area (Å²) >= 11 is 0. The highest BCUT2D eigenvalue weighted by Gasteiger charge is 2.09. The van der Waals surface area contributed by atoms with Crippen molar-refractivity contribution in [1.82, 2.24) is 4.98 Å². The highest BCUT2D eigenvalue weighted by atomic mass is 16.5. The molecule has 0 saturated heterocycles. The maximum Gasteiger partial charge on any atom is 0.171 e. The first kappa shape index (κ1) is 11.4. The van der Waals surface area contributed by atoms with E-state index in [1.165, 1.54) is 14.2 Å². The van der Waals surface area contributed by atoms with Crippen molar-refractivity contribution < 1.29 is 14.6 Å². The van der Waals surface area contributed by atoms with Gasteiger partial charge in [0.1, 0.15) is 0 Å². The maximum absolute atomic E-state index is 8.67. The minimum absolute atomic E-state index is 0.0107. The molecular formula is C9H15N3O3. The molecule has 0 aliphatic rings. The Bertz CT molecular complexity index is 331. The lowest BCUT2D eigenvalue weighted by Gasteiger charge is -2.12. The summed E-state index contributed by atoms with van der Waals surface area (Å²) in [6.45, 7) is 0.395. The van der Waals surface area contributed by atoms with E-state index in [1.54, 1.807) is 6.07 Å². The molecule has 0 aromatic carbocycles. The zero-order valence-corrected chi connectivity index (χ0v) is 8.78. The van der Waals surface area contributed by atoms with Gasteiger partial charge in [-0.25, -0.2) is 4.98 Å². The average molecular weight is 213 g/mol. The molecule has 0 saturated carbocycles. The molecule has 0 spiro atoms. The lowest BCUT2D eigenvalue weighted by atomic mass is 10.3. The minimum Gasteiger partial charge on any atom is -0.493 e. The van der Waals surface area contributed by atoms with Gasteiger partial charge in [0.05, 0.1) is 20.8 Å². The van der Waals surface area contributed by atoms with E-state index in [-0.39, 0.29) is 12.4 Å². The van der Waals surface area contributed by atoms with Crippen LogP contribution in [0.4, 0.5) is 11.6 Å². The van der Waals surface area contributed by atoms with Gasteiger partial charge in [-0.2, -0.15) is 0 Å². The van der Waals surface area contributed by atoms with E-state index in [1.807, 2.05) is 0 Å². The van der Waals surface area contributed by atoms with Crippen LogP contribution >= 0.6 is 0 Å². The molecule has 4 N–H and O–H groups in total. The van der Waals surface area contributed by atoms with Gasteiger partial charge in [-0.3, -0.25) is 0 Å². The van der Waals surface area contributed by atoms with Gasteiger partial charge >= 0.3 is 0 Å². The van der Waals surface area contributed by atoms with Gasteiger partial charge in [-0.05, 0) is 0 Å². The number of methoxy groups -OCH3 is 2. The van der Waals surface area contributed by atoms with E-state index < -0.39 is 0 Å². The number of nitrogens with one attached hydrogen (secondary N) is 1. The number of aromatic nitrogens is 1. The van der Waals surface area contributed by atoms with Crippen LogP contribution in [0.5, 0.6) is 11.5 Å². The van der Waals surface area contributed by atoms with E-state index in [4.69, 9.17) is 20.3 Å². The van der Waals surface area contributed by atoms with Crippen LogP contribution in [0.1, 0.15) is 0 Å². The Balaban J connectivity index is 2.98. The van der Waals surface area contributed by atoms with Gasteiger partial charge in [0, 0.05) is 12.6 Å². The van der Waals surface area contributed by atoms with Crippen molar-refractivity contribution in [3.8, 4) is 11.5 Å². The van der Waals surface area contributed by atoms with Crippen LogP contribution in [0.2, 0.25) is 0 Å². The van der Waals surface area contributed by atoms with Gasteiger partial charge < -0.3 is 25.6 Å². The molecule has 15 heavy (non-hydrogen) atoms. The van der Waals surface area contributed by atoms with E-state index in [0.29, 0.717) is 23.9 Å². The number of aliphatic hydroxyl groups excluding tert-OH is 1. The Morgan fingerprint density at radius 1 is 1.40 bits per heavy atom. The molecule has 1 rings (SSSR count). The zero-order valence-electron chi connectivity index (χ0n) is 8.78. The minimum atomic E-state index is 0.0107. The molecule has 1 aromatic heterocycles. The monoisotopic (exact) mass is 213 g/mol. The van der Waals surface area contributed by atoms with Crippen LogP contribution < -0.4 is 20.5 Å². The van der Waals surface area contributed by atoms with Crippen molar-refractivity contribution >= 4 is 11.6 Å². The summed E-state index contributed by atoms with van der Waals surface area (Å²) < 4.78 is 10.1. The summed E-state index contributed by atoms with van der Waals surface area (Å²) in [6.07, 6.45) is 0. The number of anilines is 2. The SMILES string of the molecule is COc1cc(OC)c(NCCO)nc1N. The standard InChI is InChI=1S/C9H15N3O3/c1-14-6-5-7(15-2)9(11-3-4-13)12-8(6)10/h5,13H,3-4H2,1-2H3,(H3,10,11,12). The quantitative estimate of drug-likeness (QED) is 0.642. The van der Waals surface area contributed by atoms with Crippen molar-refractivity contribution in [2.75, 3.05) is 38.4 Å². The molecule has 1 aromatic rings. The third kappa shape index (κ3) is 2.63. The van der Waals surface area contributed by atoms with E-state index >= 15 is 0 Å². The highest BCUT2D eigenvalue weighted by molar-refractivity contribution is 5.61. The molecule has 6 heteroatoms. The Morgan fingerprint density at radius 2 is 2.07 bits per heavy atom. The zero-order chi connectivity index (χ0) is 11.3. The summed E-state index contributed by atoms with van der Waals surface area (Å²) in [5.74, 6) is 1.75. The number of hydrogen-bond acceptors (Lipinski definition) is 6. The van der Waals surface area contributed by atoms with Crippen molar-refractivity contribution in [2.45, 2.75) is 0 Å². The van der Waals surface area contributed by atoms with Crippen LogP contribution in [0.25, 0.3) is 0 Å². The highest BCUT2D eigenvalue weighted by Crippen LogP contribution is 2.30. The Morgan fingerprint density at radius 3 is 2.60 bits per heavy atom. The van der Waals surface area contributed by atoms with Gasteiger partial charge in [0.15, 0.2) is 23.1 Å². The summed E-state index contributed by atoms with van der Waals surface area (Å²) in [5, 5.41) is 11.6. The normalized spacial score (nSPS) is 9.80. The number of nitrogen functional groups attached to an aromatic ring is 1. The second-order valence-electron chi connectivity index (χ2n) is 2.78. The van der Waals surface area contributed by atoms with Crippen molar-refractivity contribution in [2.24, 2.45) is 0 Å². The van der Waals surface area contributed by atoms with Gasteiger partial charge in [0.25, 0.3) is 0 Å². The molecule has 0 atom stereocenters. The van der Waals surface area contributed by atoms with Crippen LogP contribution in [0.3, 0.4) is 0 Å². The molecule has 1 heterocycles. The molecule has 0 bridgehead atoms. The first-order valence-corrected chi connectivity index (χ1v) is 4.46. The molecule has 0 fully saturated rings. The van der Waals surface area contributed by atoms with Crippen molar-refractivity contribution in [1.29, 1.82) is 0 Å². The largest absolute Gasteiger partial charge is 0.493 e. The Labute approximate surface area is 88.0 Å². The summed E-state index contributed by atoms with van der Waals surface area (Å²) in [6, 6.07) is 1.64. The van der Waals surface area contributed by atoms with Crippen LogP contribution in [-0.4, -0.2) is 37.5 Å². The third-order valence-corrected chi connectivity index (χ3v) is 1.82. The molecule has 0 aliphatic carbocycles. The van der Waals surface area contributed by atoms with E-state index in [9.17, 15) is 0 Å². The topological polar surface area (TPSA) is 89.6 Å². The molecule has 0 unspecified atom stereocenters. The summed E-state index contributed by atoms with van der Waals surface area (Å²) in [5.41, 5.74) is 5.63. The van der Waals surface area contributed by atoms with Crippen LogP contribution in [-0.2, 0) is 0 Å². The number of aliphatic hydroxyl groups is 1. The van der Waals surface area contributed by atoms with Crippen molar-refractivity contribution in [3.05, 3.63) is 6.07 Å². The van der Waals surface area contributed by atoms with E-state index in [2.05, 4.69) is 10.3 Å². The smallest absolute Gasteiger partial charge is 0.171 e. The van der Waals surface area contributed by atoms with Crippen LogP contribution in [0, 0.1) is 0 Å². The number of hydrogen-bond donors (Lipinski definition) is 3. The molecule has 0 radical (unpaired) electrons. The first-order chi connectivity index (χ1) is 7.22. The fourth-order valence-corrected chi connectivity index (χ4v) is 1.11. The average Bonchev–Trinajstić information content (AvgIpc) is 2.26. The van der Waals surface area contributed by atoms with Gasteiger partial charge in [-0.15, -0.1) is 0 Å². The predicted octanol–water partition coefficient (Wildman–Crippen LogP) is 0.0852. The number of rotatable bonds is 5. The number of pyridine rings is 1. The van der Waals surface area contributed by atoms with E-state index in [0.717, 1.165) is 0 Å². The predicted molar refractivity (Wildman–Crippen MR) is 57.3 cm³/mol. The maximum atomic E-state index is 8.67. The third-order valence-electron chi connectivity index (χ3n) is 1.82. The van der Waals surface area contributed by atoms with Crippen LogP contribution in [0.15, 0.2) is 6.07 Å². The molecule has 0 aliphatic heterocycles. The Hall–Kier alpha value is -1.69. The lowest BCUT2D eigenvalue weighted by Crippen LogP contribution is -2.09. The molecule has 6 nitrogen and oxygen atoms in total. The number of nitrogens with zero attached hydrogens (tertiary/aromatic N) is 1. The van der Waals surface area contributed by atoms with Gasteiger partial charge in [0.2, 0.25) is 0 Å². The fourth-order valence-electron chi connectivity index (χ4n) is 1.11. The Kier molecular flexibility index (Phi) is 3.99. The van der Waals surface area contributed by atoms with Gasteiger partial charge in [-0.1, -0.05) is 0 Å². The second-order valence-corrected chi connectivity index (χ2v) is 2.78. The number of ether oxygens (including phenoxy) is 2. The summed E-state index contributed by atoms with van der Waals surface area (Å²) in [7, 11) is 3.03. The molecule has 0 amide bonds. The first-order valence-electron chi connectivity index (χ1n) is 4.46. The fraction of sp³-hybridized carbons (Fsp3) is 0.444. The number of nitrogens with two attached hydrogens (primary N) is 1. The second kappa shape index (κ2) is 5.26. The van der Waals surface area contributed by atoms with Crippen molar-refractivity contribution in [3.63, 3.8) is 0 Å². The molecule has 84 valence electrons.